The van der Waals surface area contributed by atoms with E-state index in [2.05, 4.69) is 5.32 Å². The lowest BCUT2D eigenvalue weighted by atomic mass is 10.00. The molecular formula is C19H18N2O6. The fourth-order valence-corrected chi connectivity index (χ4v) is 2.91. The molecule has 1 aliphatic heterocycles. The highest BCUT2D eigenvalue weighted by atomic mass is 16.6. The predicted molar refractivity (Wildman–Crippen MR) is 95.8 cm³/mol. The van der Waals surface area contributed by atoms with Crippen molar-refractivity contribution in [3.63, 3.8) is 0 Å². The Balaban J connectivity index is 1.88. The largest absolute Gasteiger partial charge is 0.493 e. The number of fused-ring (bicyclic) bond motifs is 1. The summed E-state index contributed by atoms with van der Waals surface area (Å²) in [5, 5.41) is 14.0. The van der Waals surface area contributed by atoms with Crippen molar-refractivity contribution in [1.82, 2.24) is 5.32 Å². The molecule has 0 saturated carbocycles. The van der Waals surface area contributed by atoms with Crippen LogP contribution in [0.1, 0.15) is 45.7 Å². The average Bonchev–Trinajstić information content (AvgIpc) is 2.68. The van der Waals surface area contributed by atoms with E-state index in [0.29, 0.717) is 18.8 Å². The van der Waals surface area contributed by atoms with E-state index in [9.17, 15) is 19.7 Å². The van der Waals surface area contributed by atoms with Crippen LogP contribution in [0.5, 0.6) is 5.75 Å². The fraction of sp³-hybridized carbons (Fsp3) is 0.263. The van der Waals surface area contributed by atoms with E-state index in [-0.39, 0.29) is 29.5 Å². The highest BCUT2D eigenvalue weighted by Gasteiger charge is 2.25. The van der Waals surface area contributed by atoms with E-state index in [0.717, 1.165) is 17.7 Å². The molecule has 1 heterocycles. The quantitative estimate of drug-likeness (QED) is 0.492. The number of nitrogens with zero attached hydrogens (tertiary/aromatic N) is 1. The summed E-state index contributed by atoms with van der Waals surface area (Å²) >= 11 is 0. The van der Waals surface area contributed by atoms with Gasteiger partial charge in [0.25, 0.3) is 11.6 Å². The second-order valence-electron chi connectivity index (χ2n) is 5.95. The van der Waals surface area contributed by atoms with Crippen LogP contribution >= 0.6 is 0 Å². The molecule has 0 radical (unpaired) electrons. The Hall–Kier alpha value is -3.42. The molecule has 2 aromatic rings. The predicted octanol–water partition coefficient (Wildman–Crippen LogP) is 3.03. The maximum absolute atomic E-state index is 12.7. The molecule has 1 atom stereocenters. The van der Waals surface area contributed by atoms with E-state index in [1.54, 1.807) is 6.92 Å². The minimum atomic E-state index is -0.716. The van der Waals surface area contributed by atoms with E-state index in [4.69, 9.17) is 9.47 Å². The monoisotopic (exact) mass is 370 g/mol. The summed E-state index contributed by atoms with van der Waals surface area (Å²) < 4.78 is 10.5. The number of non-ortho nitro benzene ring substituents is 1. The van der Waals surface area contributed by atoms with E-state index >= 15 is 0 Å². The zero-order chi connectivity index (χ0) is 19.4. The SMILES string of the molecule is CCOC(=O)c1cc(C(=O)N[C@H]2CCOc3ccccc32)cc([N+](=O)[O-])c1. The maximum Gasteiger partial charge on any atom is 0.338 e. The topological polar surface area (TPSA) is 108 Å². The first-order valence-corrected chi connectivity index (χ1v) is 8.48. The Labute approximate surface area is 155 Å². The van der Waals surface area contributed by atoms with Crippen molar-refractivity contribution < 1.29 is 24.0 Å². The standard InChI is InChI=1S/C19H18N2O6/c1-2-26-19(23)13-9-12(10-14(11-13)21(24)25)18(22)20-16-7-8-27-17-6-4-3-5-15(16)17/h3-6,9-11,16H,2,7-8H2,1H3,(H,20,22)/t16-/m0/s1. The number of nitro groups is 1. The lowest BCUT2D eigenvalue weighted by Crippen LogP contribution is -2.32. The molecule has 0 aliphatic carbocycles. The molecule has 1 amide bonds. The van der Waals surface area contributed by atoms with Crippen molar-refractivity contribution in [1.29, 1.82) is 0 Å². The van der Waals surface area contributed by atoms with Crippen LogP contribution in [0.15, 0.2) is 42.5 Å². The zero-order valence-electron chi connectivity index (χ0n) is 14.6. The molecule has 0 unspecified atom stereocenters. The molecule has 3 rings (SSSR count). The lowest BCUT2D eigenvalue weighted by molar-refractivity contribution is -0.384. The minimum absolute atomic E-state index is 0.0243. The number of amides is 1. The van der Waals surface area contributed by atoms with Gasteiger partial charge in [0.2, 0.25) is 0 Å². The van der Waals surface area contributed by atoms with Gasteiger partial charge in [0.1, 0.15) is 5.75 Å². The number of hydrogen-bond donors (Lipinski definition) is 1. The van der Waals surface area contributed by atoms with Crippen LogP contribution in [-0.2, 0) is 4.74 Å². The van der Waals surface area contributed by atoms with E-state index < -0.39 is 16.8 Å². The van der Waals surface area contributed by atoms with Crippen LogP contribution < -0.4 is 10.1 Å². The number of carbonyl (C=O) groups is 2. The van der Waals surface area contributed by atoms with Gasteiger partial charge in [-0.05, 0) is 19.1 Å². The smallest absolute Gasteiger partial charge is 0.338 e. The van der Waals surface area contributed by atoms with Crippen LogP contribution in [0.2, 0.25) is 0 Å². The summed E-state index contributed by atoms with van der Waals surface area (Å²) in [5.74, 6) is -0.530. The zero-order valence-corrected chi connectivity index (χ0v) is 14.6. The van der Waals surface area contributed by atoms with Gasteiger partial charge in [-0.25, -0.2) is 4.79 Å². The average molecular weight is 370 g/mol. The van der Waals surface area contributed by atoms with Crippen molar-refractivity contribution in [2.45, 2.75) is 19.4 Å². The Morgan fingerprint density at radius 1 is 1.26 bits per heavy atom. The number of nitro benzene ring substituents is 1. The Morgan fingerprint density at radius 2 is 2.00 bits per heavy atom. The first kappa shape index (κ1) is 18.4. The Morgan fingerprint density at radius 3 is 2.74 bits per heavy atom. The molecular weight excluding hydrogens is 352 g/mol. The summed E-state index contributed by atoms with van der Waals surface area (Å²) in [4.78, 5) is 35.2. The van der Waals surface area contributed by atoms with Gasteiger partial charge >= 0.3 is 5.97 Å². The number of rotatable bonds is 5. The molecule has 8 nitrogen and oxygen atoms in total. The lowest BCUT2D eigenvalue weighted by Gasteiger charge is -2.26. The number of esters is 1. The summed E-state index contributed by atoms with van der Waals surface area (Å²) in [6.07, 6.45) is 0.572. The number of hydrogen-bond acceptors (Lipinski definition) is 6. The molecule has 2 aromatic carbocycles. The van der Waals surface area contributed by atoms with Crippen LogP contribution in [0.3, 0.4) is 0 Å². The van der Waals surface area contributed by atoms with Gasteiger partial charge in [0.15, 0.2) is 0 Å². The molecule has 1 N–H and O–H groups in total. The second kappa shape index (κ2) is 7.86. The fourth-order valence-electron chi connectivity index (χ4n) is 2.91. The van der Waals surface area contributed by atoms with Gasteiger partial charge in [-0.2, -0.15) is 0 Å². The number of para-hydroxylation sites is 1. The highest BCUT2D eigenvalue weighted by molar-refractivity contribution is 5.99. The molecule has 1 aliphatic rings. The number of carbonyl (C=O) groups excluding carboxylic acids is 2. The minimum Gasteiger partial charge on any atom is -0.493 e. The van der Waals surface area contributed by atoms with Gasteiger partial charge in [-0.3, -0.25) is 14.9 Å². The molecule has 0 spiro atoms. The normalized spacial score (nSPS) is 15.2. The van der Waals surface area contributed by atoms with Gasteiger partial charge in [-0.1, -0.05) is 18.2 Å². The van der Waals surface area contributed by atoms with E-state index in [1.165, 1.54) is 6.07 Å². The summed E-state index contributed by atoms with van der Waals surface area (Å²) in [7, 11) is 0. The van der Waals surface area contributed by atoms with Crippen LogP contribution in [0.25, 0.3) is 0 Å². The third-order valence-electron chi connectivity index (χ3n) is 4.17. The van der Waals surface area contributed by atoms with Gasteiger partial charge in [0.05, 0.1) is 29.7 Å². The van der Waals surface area contributed by atoms with Gasteiger partial charge < -0.3 is 14.8 Å². The summed E-state index contributed by atoms with van der Waals surface area (Å²) in [6.45, 7) is 2.21. The van der Waals surface area contributed by atoms with Crippen molar-refractivity contribution in [3.05, 3.63) is 69.3 Å². The van der Waals surface area contributed by atoms with Crippen LogP contribution in [0, 0.1) is 10.1 Å². The third kappa shape index (κ3) is 4.05. The number of nitrogens with one attached hydrogen (secondary N) is 1. The van der Waals surface area contributed by atoms with Crippen LogP contribution in [-0.4, -0.2) is 30.0 Å². The van der Waals surface area contributed by atoms with Crippen molar-refractivity contribution in [3.8, 4) is 5.75 Å². The second-order valence-corrected chi connectivity index (χ2v) is 5.95. The number of benzene rings is 2. The Bertz CT molecular complexity index is 896. The van der Waals surface area contributed by atoms with Crippen molar-refractivity contribution in [2.24, 2.45) is 0 Å². The summed E-state index contributed by atoms with van der Waals surface area (Å²) in [6, 6.07) is 10.6. The Kier molecular flexibility index (Phi) is 5.35. The molecule has 0 bridgehead atoms. The van der Waals surface area contributed by atoms with Crippen LogP contribution in [0.4, 0.5) is 5.69 Å². The molecule has 0 fully saturated rings. The molecule has 140 valence electrons. The molecule has 0 aromatic heterocycles. The molecule has 0 saturated heterocycles. The van der Waals surface area contributed by atoms with Gasteiger partial charge in [0, 0.05) is 29.7 Å². The number of ether oxygens (including phenoxy) is 2. The third-order valence-corrected chi connectivity index (χ3v) is 4.17. The van der Waals surface area contributed by atoms with Gasteiger partial charge in [-0.15, -0.1) is 0 Å². The maximum atomic E-state index is 12.7. The van der Waals surface area contributed by atoms with Crippen molar-refractivity contribution in [2.75, 3.05) is 13.2 Å². The summed E-state index contributed by atoms with van der Waals surface area (Å²) in [5.41, 5.74) is 0.478. The molecule has 8 heteroatoms. The first-order chi connectivity index (χ1) is 13.0. The van der Waals surface area contributed by atoms with E-state index in [1.807, 2.05) is 24.3 Å². The molecule has 27 heavy (non-hydrogen) atoms. The first-order valence-electron chi connectivity index (χ1n) is 8.48. The highest BCUT2D eigenvalue weighted by Crippen LogP contribution is 2.32. The van der Waals surface area contributed by atoms with Crippen molar-refractivity contribution >= 4 is 17.6 Å².